The molecule has 6 heteroatoms. The van der Waals surface area contributed by atoms with E-state index in [0.717, 1.165) is 18.2 Å². The van der Waals surface area contributed by atoms with Crippen molar-refractivity contribution in [3.8, 4) is 11.5 Å². The monoisotopic (exact) mass is 314 g/mol. The molecule has 0 amide bonds. The highest BCUT2D eigenvalue weighted by molar-refractivity contribution is 6.32. The average Bonchev–Trinajstić information content (AvgIpc) is 2.48. The van der Waals surface area contributed by atoms with Crippen molar-refractivity contribution in [2.24, 2.45) is 0 Å². The summed E-state index contributed by atoms with van der Waals surface area (Å²) in [4.78, 5) is 0. The second-order valence-electron chi connectivity index (χ2n) is 4.31. The Morgan fingerprint density at radius 3 is 2.43 bits per heavy atom. The molecule has 0 saturated heterocycles. The predicted molar refractivity (Wildman–Crippen MR) is 75.0 cm³/mol. The van der Waals surface area contributed by atoms with Gasteiger partial charge in [0.25, 0.3) is 0 Å². The molecule has 2 rings (SSSR count). The third-order valence-electron chi connectivity index (χ3n) is 3.02. The van der Waals surface area contributed by atoms with Gasteiger partial charge in [-0.2, -0.15) is 0 Å². The molecule has 0 aliphatic rings. The van der Waals surface area contributed by atoms with Crippen LogP contribution in [0.4, 0.5) is 8.78 Å². The van der Waals surface area contributed by atoms with Crippen molar-refractivity contribution in [2.75, 3.05) is 14.2 Å². The Morgan fingerprint density at radius 1 is 1.10 bits per heavy atom. The van der Waals surface area contributed by atoms with Gasteiger partial charge in [0.05, 0.1) is 19.2 Å². The highest BCUT2D eigenvalue weighted by atomic mass is 35.5. The summed E-state index contributed by atoms with van der Waals surface area (Å²) in [6.45, 7) is 0. The van der Waals surface area contributed by atoms with Crippen LogP contribution >= 0.6 is 11.6 Å². The lowest BCUT2D eigenvalue weighted by Crippen LogP contribution is -2.04. The molecule has 0 bridgehead atoms. The maximum absolute atomic E-state index is 13.7. The topological polar surface area (TPSA) is 38.7 Å². The normalized spacial score (nSPS) is 12.1. The number of methoxy groups -OCH3 is 2. The van der Waals surface area contributed by atoms with Crippen molar-refractivity contribution in [3.63, 3.8) is 0 Å². The zero-order valence-electron chi connectivity index (χ0n) is 11.4. The van der Waals surface area contributed by atoms with Gasteiger partial charge < -0.3 is 14.6 Å². The summed E-state index contributed by atoms with van der Waals surface area (Å²) in [6.07, 6.45) is -1.38. The Hall–Kier alpha value is -1.85. The van der Waals surface area contributed by atoms with Gasteiger partial charge in [-0.05, 0) is 35.9 Å². The summed E-state index contributed by atoms with van der Waals surface area (Å²) in [7, 11) is 2.83. The first-order valence-electron chi connectivity index (χ1n) is 6.02. The molecule has 3 nitrogen and oxygen atoms in total. The molecular formula is C15H13ClF2O3. The fraction of sp³-hybridized carbons (Fsp3) is 0.200. The van der Waals surface area contributed by atoms with Crippen molar-refractivity contribution >= 4 is 11.6 Å². The molecule has 0 heterocycles. The summed E-state index contributed by atoms with van der Waals surface area (Å²) in [5.41, 5.74) is 0.0837. The SMILES string of the molecule is COc1cc(C(O)c2cc(F)ccc2F)cc(Cl)c1OC. The fourth-order valence-electron chi connectivity index (χ4n) is 2.00. The fourth-order valence-corrected chi connectivity index (χ4v) is 2.30. The van der Waals surface area contributed by atoms with Crippen LogP contribution in [0.2, 0.25) is 5.02 Å². The van der Waals surface area contributed by atoms with Crippen molar-refractivity contribution < 1.29 is 23.4 Å². The van der Waals surface area contributed by atoms with E-state index in [4.69, 9.17) is 21.1 Å². The van der Waals surface area contributed by atoms with Crippen LogP contribution in [0.25, 0.3) is 0 Å². The number of aliphatic hydroxyl groups is 1. The Labute approximate surface area is 125 Å². The van der Waals surface area contributed by atoms with Crippen LogP contribution in [0.15, 0.2) is 30.3 Å². The zero-order valence-corrected chi connectivity index (χ0v) is 12.1. The van der Waals surface area contributed by atoms with Gasteiger partial charge in [-0.3, -0.25) is 0 Å². The van der Waals surface area contributed by atoms with Gasteiger partial charge in [0.15, 0.2) is 11.5 Å². The average molecular weight is 315 g/mol. The first-order valence-corrected chi connectivity index (χ1v) is 6.40. The minimum absolute atomic E-state index is 0.182. The third-order valence-corrected chi connectivity index (χ3v) is 3.31. The smallest absolute Gasteiger partial charge is 0.179 e. The van der Waals surface area contributed by atoms with E-state index in [9.17, 15) is 13.9 Å². The number of hydrogen-bond donors (Lipinski definition) is 1. The second-order valence-corrected chi connectivity index (χ2v) is 4.71. The van der Waals surface area contributed by atoms with E-state index < -0.39 is 17.7 Å². The summed E-state index contributed by atoms with van der Waals surface area (Å²) in [5.74, 6) is -0.766. The Morgan fingerprint density at radius 2 is 1.81 bits per heavy atom. The van der Waals surface area contributed by atoms with E-state index in [0.29, 0.717) is 5.75 Å². The third kappa shape index (κ3) is 3.09. The lowest BCUT2D eigenvalue weighted by Gasteiger charge is -2.16. The van der Waals surface area contributed by atoms with Crippen LogP contribution in [0.5, 0.6) is 11.5 Å². The molecule has 1 unspecified atom stereocenters. The summed E-state index contributed by atoms with van der Waals surface area (Å²) in [6, 6.07) is 5.74. The molecule has 1 N–H and O–H groups in total. The van der Waals surface area contributed by atoms with Crippen LogP contribution in [0.1, 0.15) is 17.2 Å². The maximum atomic E-state index is 13.7. The molecule has 1 atom stereocenters. The molecule has 0 aliphatic heterocycles. The Balaban J connectivity index is 2.50. The number of hydrogen-bond acceptors (Lipinski definition) is 3. The van der Waals surface area contributed by atoms with Gasteiger partial charge in [0.1, 0.15) is 17.7 Å². The van der Waals surface area contributed by atoms with Gasteiger partial charge in [-0.15, -0.1) is 0 Å². The van der Waals surface area contributed by atoms with Crippen molar-refractivity contribution in [2.45, 2.75) is 6.10 Å². The standard InChI is InChI=1S/C15H13ClF2O3/c1-20-13-6-8(5-11(16)15(13)21-2)14(19)10-7-9(17)3-4-12(10)18/h3-7,14,19H,1-2H3. The van der Waals surface area contributed by atoms with E-state index in [1.807, 2.05) is 0 Å². The number of halogens is 3. The van der Waals surface area contributed by atoms with Crippen LogP contribution in [0, 0.1) is 11.6 Å². The molecule has 0 spiro atoms. The summed E-state index contributed by atoms with van der Waals surface area (Å²) in [5, 5.41) is 10.4. The van der Waals surface area contributed by atoms with E-state index in [1.54, 1.807) is 0 Å². The molecule has 0 aromatic heterocycles. The predicted octanol–water partition coefficient (Wildman–Crippen LogP) is 3.72. The quantitative estimate of drug-likeness (QED) is 0.935. The van der Waals surface area contributed by atoms with E-state index in [-0.39, 0.29) is 21.9 Å². The maximum Gasteiger partial charge on any atom is 0.179 e. The van der Waals surface area contributed by atoms with Gasteiger partial charge in [0.2, 0.25) is 0 Å². The highest BCUT2D eigenvalue weighted by Gasteiger charge is 2.20. The lowest BCUT2D eigenvalue weighted by atomic mass is 10.0. The molecule has 2 aromatic rings. The highest BCUT2D eigenvalue weighted by Crippen LogP contribution is 2.39. The van der Waals surface area contributed by atoms with E-state index in [1.165, 1.54) is 26.4 Å². The second kappa shape index (κ2) is 6.28. The molecule has 21 heavy (non-hydrogen) atoms. The van der Waals surface area contributed by atoms with Crippen molar-refractivity contribution in [3.05, 3.63) is 58.1 Å². The molecule has 0 saturated carbocycles. The molecule has 0 aliphatic carbocycles. The van der Waals surface area contributed by atoms with Crippen LogP contribution < -0.4 is 9.47 Å². The van der Waals surface area contributed by atoms with Gasteiger partial charge >= 0.3 is 0 Å². The zero-order chi connectivity index (χ0) is 15.6. The van der Waals surface area contributed by atoms with Gasteiger partial charge in [-0.25, -0.2) is 8.78 Å². The number of ether oxygens (including phenoxy) is 2. The molecule has 0 fully saturated rings. The number of rotatable bonds is 4. The van der Waals surface area contributed by atoms with E-state index >= 15 is 0 Å². The minimum Gasteiger partial charge on any atom is -0.493 e. The molecular weight excluding hydrogens is 302 g/mol. The minimum atomic E-state index is -1.38. The summed E-state index contributed by atoms with van der Waals surface area (Å²) < 4.78 is 37.1. The summed E-state index contributed by atoms with van der Waals surface area (Å²) >= 11 is 6.03. The number of aliphatic hydroxyl groups excluding tert-OH is 1. The largest absolute Gasteiger partial charge is 0.493 e. The van der Waals surface area contributed by atoms with Crippen LogP contribution in [-0.2, 0) is 0 Å². The molecule has 0 radical (unpaired) electrons. The van der Waals surface area contributed by atoms with Gasteiger partial charge in [0, 0.05) is 5.56 Å². The van der Waals surface area contributed by atoms with Crippen LogP contribution in [-0.4, -0.2) is 19.3 Å². The van der Waals surface area contributed by atoms with Crippen molar-refractivity contribution in [1.82, 2.24) is 0 Å². The molecule has 112 valence electrons. The van der Waals surface area contributed by atoms with Crippen molar-refractivity contribution in [1.29, 1.82) is 0 Å². The van der Waals surface area contributed by atoms with E-state index in [2.05, 4.69) is 0 Å². The Kier molecular flexibility index (Phi) is 4.65. The Bertz CT molecular complexity index is 662. The number of benzene rings is 2. The first-order chi connectivity index (χ1) is 9.97. The first kappa shape index (κ1) is 15.5. The lowest BCUT2D eigenvalue weighted by molar-refractivity contribution is 0.213. The molecule has 2 aromatic carbocycles. The van der Waals surface area contributed by atoms with Gasteiger partial charge in [-0.1, -0.05) is 11.6 Å². The van der Waals surface area contributed by atoms with Crippen LogP contribution in [0.3, 0.4) is 0 Å².